The van der Waals surface area contributed by atoms with Gasteiger partial charge in [-0.1, -0.05) is 29.6 Å². The van der Waals surface area contributed by atoms with Gasteiger partial charge in [0.1, 0.15) is 0 Å². The van der Waals surface area contributed by atoms with Crippen LogP contribution in [0.5, 0.6) is 0 Å². The Balaban J connectivity index is 1.52. The van der Waals surface area contributed by atoms with Crippen molar-refractivity contribution in [2.45, 2.75) is 36.6 Å². The van der Waals surface area contributed by atoms with Crippen LogP contribution in [0.25, 0.3) is 0 Å². The summed E-state index contributed by atoms with van der Waals surface area (Å²) >= 11 is 12.0. The van der Waals surface area contributed by atoms with Crippen LogP contribution in [0.2, 0.25) is 10.0 Å². The van der Waals surface area contributed by atoms with Crippen LogP contribution in [0, 0.1) is 11.8 Å². The molecule has 2 aliphatic rings. The molecule has 2 saturated carbocycles. The Morgan fingerprint density at radius 1 is 1.00 bits per heavy atom. The van der Waals surface area contributed by atoms with Gasteiger partial charge in [-0.25, -0.2) is 8.42 Å². The summed E-state index contributed by atoms with van der Waals surface area (Å²) in [6.07, 6.45) is 4.60. The molecule has 148 valence electrons. The van der Waals surface area contributed by atoms with E-state index in [9.17, 15) is 13.2 Å². The summed E-state index contributed by atoms with van der Waals surface area (Å²) in [5, 5.41) is 3.82. The molecule has 2 aromatic rings. The number of nitrogens with one attached hydrogen (secondary N) is 2. The fourth-order valence-corrected chi connectivity index (χ4v) is 5.64. The summed E-state index contributed by atoms with van der Waals surface area (Å²) in [7, 11) is -3.80. The molecule has 28 heavy (non-hydrogen) atoms. The number of hydrogen-bond acceptors (Lipinski definition) is 3. The monoisotopic (exact) mass is 438 g/mol. The zero-order chi connectivity index (χ0) is 19.9. The van der Waals surface area contributed by atoms with Gasteiger partial charge in [-0.15, -0.1) is 0 Å². The Bertz CT molecular complexity index is 1010. The summed E-state index contributed by atoms with van der Waals surface area (Å²) < 4.78 is 27.6. The molecule has 0 radical (unpaired) electrons. The SMILES string of the molecule is O=C(N[C@@H]1C[C@H]2CC[C@@H]1C2)c1cc(NS(=O)(=O)c2ccc(Cl)cc2)ccc1Cl. The highest BCUT2D eigenvalue weighted by atomic mass is 35.5. The first-order valence-corrected chi connectivity index (χ1v) is 11.4. The summed E-state index contributed by atoms with van der Waals surface area (Å²) in [6, 6.07) is 10.6. The Morgan fingerprint density at radius 3 is 2.39 bits per heavy atom. The molecule has 0 aliphatic heterocycles. The molecule has 0 unspecified atom stereocenters. The number of hydrogen-bond donors (Lipinski definition) is 2. The fourth-order valence-electron chi connectivity index (χ4n) is 4.26. The summed E-state index contributed by atoms with van der Waals surface area (Å²) in [5.41, 5.74) is 0.540. The smallest absolute Gasteiger partial charge is 0.261 e. The van der Waals surface area contributed by atoms with Crippen molar-refractivity contribution in [3.63, 3.8) is 0 Å². The molecule has 0 aromatic heterocycles. The number of amides is 1. The molecule has 2 N–H and O–H groups in total. The maximum atomic E-state index is 12.7. The Hall–Kier alpha value is -1.76. The van der Waals surface area contributed by atoms with Gasteiger partial charge in [-0.3, -0.25) is 9.52 Å². The first-order valence-electron chi connectivity index (χ1n) is 9.20. The van der Waals surface area contributed by atoms with Gasteiger partial charge in [0.2, 0.25) is 0 Å². The van der Waals surface area contributed by atoms with Crippen molar-refractivity contribution in [3.05, 3.63) is 58.1 Å². The van der Waals surface area contributed by atoms with Crippen molar-refractivity contribution < 1.29 is 13.2 Å². The highest BCUT2D eigenvalue weighted by molar-refractivity contribution is 7.92. The van der Waals surface area contributed by atoms with Crippen LogP contribution in [0.3, 0.4) is 0 Å². The van der Waals surface area contributed by atoms with Crippen molar-refractivity contribution in [2.75, 3.05) is 4.72 Å². The maximum Gasteiger partial charge on any atom is 0.261 e. The number of carbonyl (C=O) groups is 1. The number of fused-ring (bicyclic) bond motifs is 2. The Labute approximate surface area is 174 Å². The first-order chi connectivity index (χ1) is 13.3. The van der Waals surface area contributed by atoms with Crippen molar-refractivity contribution in [1.82, 2.24) is 5.32 Å². The molecule has 5 nitrogen and oxygen atoms in total. The molecule has 3 atom stereocenters. The number of rotatable bonds is 5. The lowest BCUT2D eigenvalue weighted by molar-refractivity contribution is 0.0923. The summed E-state index contributed by atoms with van der Waals surface area (Å²) in [5.74, 6) is 0.984. The molecule has 4 rings (SSSR count). The van der Waals surface area contributed by atoms with Crippen molar-refractivity contribution >= 4 is 44.8 Å². The summed E-state index contributed by atoms with van der Waals surface area (Å²) in [4.78, 5) is 12.8. The minimum absolute atomic E-state index is 0.0832. The third-order valence-electron chi connectivity index (χ3n) is 5.64. The largest absolute Gasteiger partial charge is 0.349 e. The number of sulfonamides is 1. The lowest BCUT2D eigenvalue weighted by Crippen LogP contribution is -2.38. The highest BCUT2D eigenvalue weighted by Crippen LogP contribution is 2.44. The Morgan fingerprint density at radius 2 is 1.75 bits per heavy atom. The van der Waals surface area contributed by atoms with Crippen LogP contribution < -0.4 is 10.0 Å². The number of carbonyl (C=O) groups excluding carboxylic acids is 1. The van der Waals surface area contributed by atoms with E-state index in [1.54, 1.807) is 0 Å². The third kappa shape index (κ3) is 4.00. The van der Waals surface area contributed by atoms with E-state index in [4.69, 9.17) is 23.2 Å². The van der Waals surface area contributed by atoms with Gasteiger partial charge in [-0.2, -0.15) is 0 Å². The maximum absolute atomic E-state index is 12.7. The van der Waals surface area contributed by atoms with Gasteiger partial charge >= 0.3 is 0 Å². The van der Waals surface area contributed by atoms with Crippen LogP contribution in [0.15, 0.2) is 47.4 Å². The minimum Gasteiger partial charge on any atom is -0.349 e. The van der Waals surface area contributed by atoms with E-state index in [0.717, 1.165) is 12.8 Å². The van der Waals surface area contributed by atoms with Gasteiger partial charge in [0, 0.05) is 16.8 Å². The second kappa shape index (κ2) is 7.58. The second-order valence-electron chi connectivity index (χ2n) is 7.51. The molecule has 8 heteroatoms. The number of benzene rings is 2. The van der Waals surface area contributed by atoms with E-state index in [2.05, 4.69) is 10.0 Å². The first kappa shape index (κ1) is 19.6. The highest BCUT2D eigenvalue weighted by Gasteiger charge is 2.40. The zero-order valence-corrected chi connectivity index (χ0v) is 17.3. The molecule has 0 spiro atoms. The molecular weight excluding hydrogens is 419 g/mol. The molecule has 2 aliphatic carbocycles. The lowest BCUT2D eigenvalue weighted by Gasteiger charge is -2.23. The normalized spacial score (nSPS) is 23.6. The van der Waals surface area contributed by atoms with E-state index in [1.807, 2.05) is 0 Å². The van der Waals surface area contributed by atoms with Crippen LogP contribution in [0.4, 0.5) is 5.69 Å². The fraction of sp³-hybridized carbons (Fsp3) is 0.350. The predicted octanol–water partition coefficient (Wildman–Crippen LogP) is 4.71. The van der Waals surface area contributed by atoms with E-state index in [1.165, 1.54) is 55.3 Å². The van der Waals surface area contributed by atoms with Crippen molar-refractivity contribution in [1.29, 1.82) is 0 Å². The van der Waals surface area contributed by atoms with Crippen molar-refractivity contribution in [3.8, 4) is 0 Å². The van der Waals surface area contributed by atoms with Crippen LogP contribution in [-0.4, -0.2) is 20.4 Å². The molecule has 2 bridgehead atoms. The summed E-state index contributed by atoms with van der Waals surface area (Å²) in [6.45, 7) is 0. The third-order valence-corrected chi connectivity index (χ3v) is 7.62. The predicted molar refractivity (Wildman–Crippen MR) is 110 cm³/mol. The van der Waals surface area contributed by atoms with Gasteiger partial charge < -0.3 is 5.32 Å². The molecule has 1 amide bonds. The van der Waals surface area contributed by atoms with Crippen LogP contribution >= 0.6 is 23.2 Å². The molecule has 2 aromatic carbocycles. The topological polar surface area (TPSA) is 75.3 Å². The standard InChI is InChI=1S/C20H20Cl2N2O3S/c21-14-3-6-16(7-4-14)28(26,27)24-15-5-8-18(22)17(11-15)20(25)23-19-10-12-1-2-13(19)9-12/h3-8,11-13,19,24H,1-2,9-10H2,(H,23,25)/t12-,13+,19+/m0/s1. The van der Waals surface area contributed by atoms with Gasteiger partial charge in [0.15, 0.2) is 0 Å². The van der Waals surface area contributed by atoms with Gasteiger partial charge in [0.25, 0.3) is 15.9 Å². The van der Waals surface area contributed by atoms with Crippen molar-refractivity contribution in [2.24, 2.45) is 11.8 Å². The van der Waals surface area contributed by atoms with Crippen LogP contribution in [0.1, 0.15) is 36.0 Å². The molecule has 0 saturated heterocycles. The Kier molecular flexibility index (Phi) is 5.29. The zero-order valence-electron chi connectivity index (χ0n) is 15.0. The number of halogens is 2. The second-order valence-corrected chi connectivity index (χ2v) is 10.0. The average molecular weight is 439 g/mol. The van der Waals surface area contributed by atoms with Gasteiger partial charge in [0.05, 0.1) is 15.5 Å². The lowest BCUT2D eigenvalue weighted by atomic mass is 9.95. The van der Waals surface area contributed by atoms with E-state index >= 15 is 0 Å². The van der Waals surface area contributed by atoms with E-state index in [-0.39, 0.29) is 33.1 Å². The molecule has 2 fully saturated rings. The number of anilines is 1. The molecular formula is C20H20Cl2N2O3S. The average Bonchev–Trinajstić information content (AvgIpc) is 3.26. The molecule has 0 heterocycles. The van der Waals surface area contributed by atoms with Crippen LogP contribution in [-0.2, 0) is 10.0 Å². The van der Waals surface area contributed by atoms with E-state index in [0.29, 0.717) is 16.9 Å². The quantitative estimate of drug-likeness (QED) is 0.709. The minimum atomic E-state index is -3.80. The van der Waals surface area contributed by atoms with E-state index < -0.39 is 10.0 Å². The van der Waals surface area contributed by atoms with Gasteiger partial charge in [-0.05, 0) is 73.6 Å².